The largest absolute Gasteiger partial charge is 0.392 e. The van der Waals surface area contributed by atoms with Gasteiger partial charge in [0.2, 0.25) is 0 Å². The molecule has 9 heavy (non-hydrogen) atoms. The van der Waals surface area contributed by atoms with Crippen LogP contribution in [0.2, 0.25) is 0 Å². The van der Waals surface area contributed by atoms with E-state index in [1.165, 1.54) is 0 Å². The molecule has 0 atom stereocenters. The van der Waals surface area contributed by atoms with E-state index in [1.807, 2.05) is 6.92 Å². The van der Waals surface area contributed by atoms with Crippen LogP contribution in [0.4, 0.5) is 0 Å². The number of aliphatic hydroxyl groups is 1. The Morgan fingerprint density at radius 1 is 1.44 bits per heavy atom. The van der Waals surface area contributed by atoms with Crippen molar-refractivity contribution in [3.05, 3.63) is 11.6 Å². The first-order chi connectivity index (χ1) is 3.95. The molecule has 0 radical (unpaired) electrons. The van der Waals surface area contributed by atoms with E-state index in [0.717, 1.165) is 5.57 Å². The summed E-state index contributed by atoms with van der Waals surface area (Å²) in [5.74, 6) is 0. The van der Waals surface area contributed by atoms with Crippen molar-refractivity contribution in [2.45, 2.75) is 27.7 Å². The van der Waals surface area contributed by atoms with Gasteiger partial charge in [0.1, 0.15) is 0 Å². The van der Waals surface area contributed by atoms with Crippen molar-refractivity contribution in [3.63, 3.8) is 0 Å². The molecule has 54 valence electrons. The second-order valence-corrected chi connectivity index (χ2v) is 3.51. The monoisotopic (exact) mass is 128 g/mol. The number of hydrogen-bond acceptors (Lipinski definition) is 1. The number of rotatable bonds is 1. The summed E-state index contributed by atoms with van der Waals surface area (Å²) in [6, 6.07) is 0. The van der Waals surface area contributed by atoms with Crippen LogP contribution < -0.4 is 0 Å². The minimum absolute atomic E-state index is 0.178. The summed E-state index contributed by atoms with van der Waals surface area (Å²) in [5, 5.41) is 8.63. The summed E-state index contributed by atoms with van der Waals surface area (Å²) < 4.78 is 0. The minimum Gasteiger partial charge on any atom is -0.392 e. The van der Waals surface area contributed by atoms with Gasteiger partial charge in [-0.3, -0.25) is 0 Å². The first-order valence-electron chi connectivity index (χ1n) is 3.25. The molecule has 0 aliphatic carbocycles. The van der Waals surface area contributed by atoms with E-state index < -0.39 is 0 Å². The first-order valence-corrected chi connectivity index (χ1v) is 3.25. The summed E-state index contributed by atoms with van der Waals surface area (Å²) in [5.41, 5.74) is 1.25. The molecular weight excluding hydrogens is 112 g/mol. The lowest BCUT2D eigenvalue weighted by atomic mass is 9.94. The lowest BCUT2D eigenvalue weighted by Crippen LogP contribution is -2.01. The molecule has 0 aliphatic rings. The zero-order chi connectivity index (χ0) is 7.49. The molecule has 0 bridgehead atoms. The van der Waals surface area contributed by atoms with Crippen LogP contribution in [0.15, 0.2) is 11.6 Å². The predicted octanol–water partition coefficient (Wildman–Crippen LogP) is 1.97. The quantitative estimate of drug-likeness (QED) is 0.535. The molecule has 0 aliphatic heterocycles. The van der Waals surface area contributed by atoms with E-state index in [2.05, 4.69) is 26.8 Å². The van der Waals surface area contributed by atoms with Crippen molar-refractivity contribution in [1.82, 2.24) is 0 Å². The van der Waals surface area contributed by atoms with Crippen molar-refractivity contribution in [3.8, 4) is 0 Å². The van der Waals surface area contributed by atoms with Crippen LogP contribution >= 0.6 is 0 Å². The molecule has 1 nitrogen and oxygen atoms in total. The average molecular weight is 128 g/mol. The number of aliphatic hydroxyl groups excluding tert-OH is 1. The zero-order valence-electron chi connectivity index (χ0n) is 6.73. The lowest BCUT2D eigenvalue weighted by molar-refractivity contribution is 0.328. The Morgan fingerprint density at radius 2 is 1.89 bits per heavy atom. The standard InChI is InChI=1S/C8H16O/c1-7(6-9)5-8(2,3)4/h5,9H,6H2,1-4H3. The van der Waals surface area contributed by atoms with E-state index >= 15 is 0 Å². The maximum absolute atomic E-state index is 8.63. The summed E-state index contributed by atoms with van der Waals surface area (Å²) >= 11 is 0. The predicted molar refractivity (Wildman–Crippen MR) is 40.3 cm³/mol. The fraction of sp³-hybridized carbons (Fsp3) is 0.750. The van der Waals surface area contributed by atoms with Gasteiger partial charge >= 0.3 is 0 Å². The Balaban J connectivity index is 3.95. The molecule has 0 fully saturated rings. The van der Waals surface area contributed by atoms with Gasteiger partial charge in [-0.15, -0.1) is 0 Å². The zero-order valence-corrected chi connectivity index (χ0v) is 6.73. The van der Waals surface area contributed by atoms with E-state index in [-0.39, 0.29) is 12.0 Å². The summed E-state index contributed by atoms with van der Waals surface area (Å²) in [6.45, 7) is 8.47. The van der Waals surface area contributed by atoms with Gasteiger partial charge in [-0.25, -0.2) is 0 Å². The highest BCUT2D eigenvalue weighted by molar-refractivity contribution is 5.03. The molecule has 0 rings (SSSR count). The maximum Gasteiger partial charge on any atom is 0.0639 e. The van der Waals surface area contributed by atoms with Gasteiger partial charge in [-0.05, 0) is 12.3 Å². The van der Waals surface area contributed by atoms with Gasteiger partial charge in [0.15, 0.2) is 0 Å². The molecule has 0 saturated carbocycles. The van der Waals surface area contributed by atoms with E-state index in [1.54, 1.807) is 0 Å². The third kappa shape index (κ3) is 5.57. The van der Waals surface area contributed by atoms with Crippen LogP contribution in [0, 0.1) is 5.41 Å². The first kappa shape index (κ1) is 8.70. The smallest absolute Gasteiger partial charge is 0.0639 e. The molecule has 0 spiro atoms. The Morgan fingerprint density at radius 3 is 2.00 bits per heavy atom. The van der Waals surface area contributed by atoms with Crippen LogP contribution in [0.1, 0.15) is 27.7 Å². The second-order valence-electron chi connectivity index (χ2n) is 3.51. The highest BCUT2D eigenvalue weighted by Gasteiger charge is 2.04. The molecule has 1 heteroatoms. The molecule has 0 saturated heterocycles. The topological polar surface area (TPSA) is 20.2 Å². The van der Waals surface area contributed by atoms with Crippen molar-refractivity contribution in [2.24, 2.45) is 5.41 Å². The van der Waals surface area contributed by atoms with Crippen molar-refractivity contribution in [2.75, 3.05) is 6.61 Å². The van der Waals surface area contributed by atoms with Gasteiger partial charge in [0.05, 0.1) is 6.61 Å². The molecule has 0 amide bonds. The van der Waals surface area contributed by atoms with E-state index in [0.29, 0.717) is 0 Å². The average Bonchev–Trinajstić information content (AvgIpc) is 1.62. The molecular formula is C8H16O. The summed E-state index contributed by atoms with van der Waals surface area (Å²) in [4.78, 5) is 0. The van der Waals surface area contributed by atoms with Gasteiger partial charge in [0.25, 0.3) is 0 Å². The van der Waals surface area contributed by atoms with Crippen LogP contribution in [0.5, 0.6) is 0 Å². The molecule has 0 aromatic rings. The fourth-order valence-corrected chi connectivity index (χ4v) is 0.785. The van der Waals surface area contributed by atoms with Gasteiger partial charge in [-0.1, -0.05) is 32.4 Å². The molecule has 0 unspecified atom stereocenters. The van der Waals surface area contributed by atoms with Crippen LogP contribution in [0.3, 0.4) is 0 Å². The molecule has 0 aromatic heterocycles. The molecule has 1 N–H and O–H groups in total. The Hall–Kier alpha value is -0.300. The Bertz CT molecular complexity index is 106. The third-order valence-corrected chi connectivity index (χ3v) is 0.929. The van der Waals surface area contributed by atoms with Gasteiger partial charge in [0, 0.05) is 0 Å². The fourth-order valence-electron chi connectivity index (χ4n) is 0.785. The number of hydrogen-bond donors (Lipinski definition) is 1. The molecule has 0 heterocycles. The van der Waals surface area contributed by atoms with Crippen molar-refractivity contribution >= 4 is 0 Å². The second kappa shape index (κ2) is 3.02. The SMILES string of the molecule is CC(=CC(C)(C)C)CO. The summed E-state index contributed by atoms with van der Waals surface area (Å²) in [7, 11) is 0. The lowest BCUT2D eigenvalue weighted by Gasteiger charge is -2.12. The van der Waals surface area contributed by atoms with Crippen LogP contribution in [-0.4, -0.2) is 11.7 Å². The molecule has 0 aromatic carbocycles. The Labute approximate surface area is 57.4 Å². The third-order valence-electron chi connectivity index (χ3n) is 0.929. The van der Waals surface area contributed by atoms with E-state index in [4.69, 9.17) is 5.11 Å². The van der Waals surface area contributed by atoms with Gasteiger partial charge < -0.3 is 5.11 Å². The highest BCUT2D eigenvalue weighted by Crippen LogP contribution is 2.16. The van der Waals surface area contributed by atoms with Gasteiger partial charge in [-0.2, -0.15) is 0 Å². The Kier molecular flexibility index (Phi) is 2.92. The normalized spacial score (nSPS) is 14.1. The number of allylic oxidation sites excluding steroid dienone is 1. The van der Waals surface area contributed by atoms with Crippen LogP contribution in [0.25, 0.3) is 0 Å². The minimum atomic E-state index is 0.178. The summed E-state index contributed by atoms with van der Waals surface area (Å²) in [6.07, 6.45) is 2.08. The van der Waals surface area contributed by atoms with Crippen molar-refractivity contribution in [1.29, 1.82) is 0 Å². The van der Waals surface area contributed by atoms with Crippen LogP contribution in [-0.2, 0) is 0 Å². The van der Waals surface area contributed by atoms with E-state index in [9.17, 15) is 0 Å². The highest BCUT2D eigenvalue weighted by atomic mass is 16.3. The van der Waals surface area contributed by atoms with Crippen molar-refractivity contribution < 1.29 is 5.11 Å². The maximum atomic E-state index is 8.63.